The van der Waals surface area contributed by atoms with Crippen molar-refractivity contribution in [3.05, 3.63) is 18.2 Å². The molecule has 1 amide bonds. The average Bonchev–Trinajstić information content (AvgIpc) is 3.21. The molecule has 8 heteroatoms. The summed E-state index contributed by atoms with van der Waals surface area (Å²) in [6, 6.07) is 4.32. The predicted molar refractivity (Wildman–Crippen MR) is 73.8 cm³/mol. The van der Waals surface area contributed by atoms with Crippen LogP contribution in [0.3, 0.4) is 0 Å². The Bertz CT molecular complexity index is 611. The minimum atomic E-state index is -3.77. The number of nitrogen functional groups attached to an aromatic ring is 1. The van der Waals surface area contributed by atoms with Crippen molar-refractivity contribution in [2.75, 3.05) is 19.4 Å². The number of methoxy groups -OCH3 is 1. The average molecular weight is 299 g/mol. The molecule has 7 nitrogen and oxygen atoms in total. The van der Waals surface area contributed by atoms with E-state index in [2.05, 4.69) is 10.0 Å². The first-order valence-electron chi connectivity index (χ1n) is 6.15. The second kappa shape index (κ2) is 5.68. The molecule has 0 saturated heterocycles. The molecule has 0 spiro atoms. The van der Waals surface area contributed by atoms with Crippen LogP contribution in [0.1, 0.15) is 12.8 Å². The van der Waals surface area contributed by atoms with Crippen LogP contribution in [-0.2, 0) is 14.8 Å². The number of nitrogens with two attached hydrogens (primary N) is 1. The molecule has 110 valence electrons. The number of sulfonamides is 1. The summed E-state index contributed by atoms with van der Waals surface area (Å²) < 4.78 is 31.3. The SMILES string of the molecule is COc1cc(S(=O)(=O)NCC(=O)NC2CC2)ccc1N. The molecule has 1 saturated carbocycles. The van der Waals surface area contributed by atoms with E-state index < -0.39 is 10.0 Å². The van der Waals surface area contributed by atoms with Gasteiger partial charge < -0.3 is 15.8 Å². The Balaban J connectivity index is 2.03. The molecule has 0 bridgehead atoms. The second-order valence-electron chi connectivity index (χ2n) is 4.57. The van der Waals surface area contributed by atoms with Crippen LogP contribution in [0.2, 0.25) is 0 Å². The van der Waals surface area contributed by atoms with Crippen molar-refractivity contribution in [2.24, 2.45) is 0 Å². The lowest BCUT2D eigenvalue weighted by Gasteiger charge is -2.09. The van der Waals surface area contributed by atoms with E-state index in [1.807, 2.05) is 0 Å². The number of benzene rings is 1. The van der Waals surface area contributed by atoms with Crippen molar-refractivity contribution in [3.8, 4) is 5.75 Å². The van der Waals surface area contributed by atoms with E-state index in [-0.39, 0.29) is 29.1 Å². The Hall–Kier alpha value is -1.80. The molecule has 1 fully saturated rings. The molecular formula is C12H17N3O4S. The zero-order chi connectivity index (χ0) is 14.8. The van der Waals surface area contributed by atoms with E-state index in [4.69, 9.17) is 10.5 Å². The van der Waals surface area contributed by atoms with E-state index in [1.165, 1.54) is 25.3 Å². The number of carbonyl (C=O) groups excluding carboxylic acids is 1. The van der Waals surface area contributed by atoms with Crippen LogP contribution in [-0.4, -0.2) is 34.0 Å². The third-order valence-corrected chi connectivity index (χ3v) is 4.28. The van der Waals surface area contributed by atoms with Crippen molar-refractivity contribution in [1.29, 1.82) is 0 Å². The molecular weight excluding hydrogens is 282 g/mol. The van der Waals surface area contributed by atoms with Gasteiger partial charge in [-0.2, -0.15) is 0 Å². The van der Waals surface area contributed by atoms with Gasteiger partial charge in [0, 0.05) is 12.1 Å². The van der Waals surface area contributed by atoms with Crippen molar-refractivity contribution in [2.45, 2.75) is 23.8 Å². The van der Waals surface area contributed by atoms with Crippen LogP contribution in [0.25, 0.3) is 0 Å². The molecule has 20 heavy (non-hydrogen) atoms. The fraction of sp³-hybridized carbons (Fsp3) is 0.417. The topological polar surface area (TPSA) is 111 Å². The first-order valence-corrected chi connectivity index (χ1v) is 7.63. The smallest absolute Gasteiger partial charge is 0.241 e. The van der Waals surface area contributed by atoms with E-state index in [1.54, 1.807) is 0 Å². The van der Waals surface area contributed by atoms with Crippen LogP contribution in [0.5, 0.6) is 5.75 Å². The van der Waals surface area contributed by atoms with Gasteiger partial charge in [0.2, 0.25) is 15.9 Å². The highest BCUT2D eigenvalue weighted by Gasteiger charge is 2.24. The van der Waals surface area contributed by atoms with Gasteiger partial charge in [0.1, 0.15) is 5.75 Å². The Morgan fingerprint density at radius 1 is 1.45 bits per heavy atom. The summed E-state index contributed by atoms with van der Waals surface area (Å²) in [7, 11) is -2.37. The van der Waals surface area contributed by atoms with Gasteiger partial charge in [0.05, 0.1) is 24.2 Å². The number of rotatable bonds is 6. The predicted octanol–water partition coefficient (Wildman–Crippen LogP) is -0.166. The molecule has 1 aromatic carbocycles. The number of nitrogens with one attached hydrogen (secondary N) is 2. The molecule has 0 aliphatic heterocycles. The fourth-order valence-electron chi connectivity index (χ4n) is 1.61. The molecule has 0 radical (unpaired) electrons. The highest BCUT2D eigenvalue weighted by Crippen LogP contribution is 2.24. The first kappa shape index (κ1) is 14.6. The lowest BCUT2D eigenvalue weighted by molar-refractivity contribution is -0.120. The maximum atomic E-state index is 12.0. The fourth-order valence-corrected chi connectivity index (χ4v) is 2.61. The molecule has 2 rings (SSSR count). The summed E-state index contributed by atoms with van der Waals surface area (Å²) in [4.78, 5) is 11.5. The Labute approximate surface area is 117 Å². The molecule has 4 N–H and O–H groups in total. The molecule has 0 atom stereocenters. The van der Waals surface area contributed by atoms with E-state index in [0.29, 0.717) is 5.69 Å². The van der Waals surface area contributed by atoms with Crippen LogP contribution < -0.4 is 20.5 Å². The highest BCUT2D eigenvalue weighted by molar-refractivity contribution is 7.89. The van der Waals surface area contributed by atoms with Crippen molar-refractivity contribution in [3.63, 3.8) is 0 Å². The number of ether oxygens (including phenoxy) is 1. The second-order valence-corrected chi connectivity index (χ2v) is 6.34. The minimum Gasteiger partial charge on any atom is -0.495 e. The summed E-state index contributed by atoms with van der Waals surface area (Å²) in [5, 5.41) is 2.70. The zero-order valence-electron chi connectivity index (χ0n) is 11.0. The van der Waals surface area contributed by atoms with Crippen LogP contribution in [0.4, 0.5) is 5.69 Å². The maximum Gasteiger partial charge on any atom is 0.241 e. The van der Waals surface area contributed by atoms with Gasteiger partial charge in [0.15, 0.2) is 0 Å². The summed E-state index contributed by atoms with van der Waals surface area (Å²) in [6.07, 6.45) is 1.90. The summed E-state index contributed by atoms with van der Waals surface area (Å²) in [6.45, 7) is -0.286. The maximum absolute atomic E-state index is 12.0. The summed E-state index contributed by atoms with van der Waals surface area (Å²) in [5.74, 6) is -0.0613. The van der Waals surface area contributed by atoms with E-state index in [9.17, 15) is 13.2 Å². The number of amides is 1. The van der Waals surface area contributed by atoms with Gasteiger partial charge in [0.25, 0.3) is 0 Å². The Kier molecular flexibility index (Phi) is 4.15. The van der Waals surface area contributed by atoms with Gasteiger partial charge >= 0.3 is 0 Å². The standard InChI is InChI=1S/C12H17N3O4S/c1-19-11-6-9(4-5-10(11)13)20(17,18)14-7-12(16)15-8-2-3-8/h4-6,8,14H,2-3,7,13H2,1H3,(H,15,16). The largest absolute Gasteiger partial charge is 0.495 e. The van der Waals surface area contributed by atoms with Gasteiger partial charge in [-0.05, 0) is 25.0 Å². The summed E-state index contributed by atoms with van der Waals surface area (Å²) in [5.41, 5.74) is 5.97. The third-order valence-electron chi connectivity index (χ3n) is 2.88. The Morgan fingerprint density at radius 2 is 2.15 bits per heavy atom. The summed E-state index contributed by atoms with van der Waals surface area (Å²) >= 11 is 0. The molecule has 0 aromatic heterocycles. The lowest BCUT2D eigenvalue weighted by Crippen LogP contribution is -2.37. The van der Waals surface area contributed by atoms with Crippen LogP contribution in [0, 0.1) is 0 Å². The van der Waals surface area contributed by atoms with E-state index in [0.717, 1.165) is 12.8 Å². The molecule has 1 aliphatic rings. The minimum absolute atomic E-state index is 0.00257. The van der Waals surface area contributed by atoms with Gasteiger partial charge in [-0.25, -0.2) is 13.1 Å². The quantitative estimate of drug-likeness (QED) is 0.632. The number of hydrogen-bond acceptors (Lipinski definition) is 5. The number of carbonyl (C=O) groups is 1. The van der Waals surface area contributed by atoms with Gasteiger partial charge in [-0.1, -0.05) is 0 Å². The zero-order valence-corrected chi connectivity index (χ0v) is 11.9. The number of hydrogen-bond donors (Lipinski definition) is 3. The molecule has 1 aromatic rings. The normalized spacial score (nSPS) is 14.8. The molecule has 0 heterocycles. The third kappa shape index (κ3) is 3.61. The molecule has 1 aliphatic carbocycles. The van der Waals surface area contributed by atoms with Crippen molar-refractivity contribution in [1.82, 2.24) is 10.0 Å². The highest BCUT2D eigenvalue weighted by atomic mass is 32.2. The van der Waals surface area contributed by atoms with Gasteiger partial charge in [-0.15, -0.1) is 0 Å². The lowest BCUT2D eigenvalue weighted by atomic mass is 10.3. The van der Waals surface area contributed by atoms with Crippen molar-refractivity contribution < 1.29 is 17.9 Å². The number of anilines is 1. The monoisotopic (exact) mass is 299 g/mol. The molecule has 0 unspecified atom stereocenters. The van der Waals surface area contributed by atoms with Crippen LogP contribution >= 0.6 is 0 Å². The first-order chi connectivity index (χ1) is 9.42. The van der Waals surface area contributed by atoms with Gasteiger partial charge in [-0.3, -0.25) is 4.79 Å². The Morgan fingerprint density at radius 3 is 2.75 bits per heavy atom. The van der Waals surface area contributed by atoms with Crippen molar-refractivity contribution >= 4 is 21.6 Å². The van der Waals surface area contributed by atoms with Crippen LogP contribution in [0.15, 0.2) is 23.1 Å². The van der Waals surface area contributed by atoms with E-state index >= 15 is 0 Å².